The van der Waals surface area contributed by atoms with Crippen LogP contribution in [0, 0.1) is 31.6 Å². The van der Waals surface area contributed by atoms with E-state index in [1.54, 1.807) is 0 Å². The van der Waals surface area contributed by atoms with E-state index in [9.17, 15) is 20.2 Å². The Kier molecular flexibility index (Phi) is 5.73. The Balaban J connectivity index is 2.23. The van der Waals surface area contributed by atoms with Crippen LogP contribution in [-0.2, 0) is 4.84 Å². The van der Waals surface area contributed by atoms with Gasteiger partial charge in [-0.05, 0) is 29.8 Å². The van der Waals surface area contributed by atoms with E-state index in [0.717, 1.165) is 0 Å². The second-order valence-electron chi connectivity index (χ2n) is 4.93. The number of nitro groups is 1. The summed E-state index contributed by atoms with van der Waals surface area (Å²) in [5, 5.41) is 29.3. The Morgan fingerprint density at radius 1 is 1.31 bits per heavy atom. The number of pyridine rings is 1. The van der Waals surface area contributed by atoms with Gasteiger partial charge in [-0.3, -0.25) is 15.1 Å². The number of amidine groups is 1. The highest BCUT2D eigenvalue weighted by Gasteiger charge is 2.17. The fourth-order valence-corrected chi connectivity index (χ4v) is 2.04. The summed E-state index contributed by atoms with van der Waals surface area (Å²) in [4.78, 5) is 33.3. The van der Waals surface area contributed by atoms with Crippen LogP contribution >= 0.6 is 0 Å². The molecule has 132 valence electrons. The highest BCUT2D eigenvalue weighted by atomic mass is 17.0. The summed E-state index contributed by atoms with van der Waals surface area (Å²) in [6.07, 6.45) is 0.291. The van der Waals surface area contributed by atoms with Crippen LogP contribution in [0.3, 0.4) is 0 Å². The van der Waals surface area contributed by atoms with E-state index < -0.39 is 16.1 Å². The predicted octanol–water partition coefficient (Wildman–Crippen LogP) is 1.52. The smallest absolute Gasteiger partial charge is 0.295 e. The fraction of sp³-hybridized carbons (Fsp3) is 0.133. The zero-order valence-corrected chi connectivity index (χ0v) is 13.2. The van der Waals surface area contributed by atoms with Gasteiger partial charge in [0.15, 0.2) is 6.10 Å². The van der Waals surface area contributed by atoms with E-state index in [1.165, 1.54) is 42.6 Å². The maximum Gasteiger partial charge on any atom is 0.295 e. The second kappa shape index (κ2) is 8.15. The number of nitrogens with two attached hydrogens (primary N) is 1. The third kappa shape index (κ3) is 4.71. The van der Waals surface area contributed by atoms with Gasteiger partial charge in [0.05, 0.1) is 11.5 Å². The van der Waals surface area contributed by atoms with E-state index in [2.05, 4.69) is 14.8 Å². The molecule has 0 aliphatic heterocycles. The van der Waals surface area contributed by atoms with Gasteiger partial charge in [-0.1, -0.05) is 0 Å². The zero-order valence-electron chi connectivity index (χ0n) is 13.2. The van der Waals surface area contributed by atoms with Gasteiger partial charge in [0, 0.05) is 23.9 Å². The normalized spacial score (nSPS) is 12.0. The number of nitro benzene ring substituents is 1. The maximum atomic E-state index is 10.7. The summed E-state index contributed by atoms with van der Waals surface area (Å²) < 4.78 is 0. The number of hydrogen-bond donors (Lipinski definition) is 1. The van der Waals surface area contributed by atoms with Crippen LogP contribution in [0.25, 0.3) is 0 Å². The van der Waals surface area contributed by atoms with E-state index in [-0.39, 0.29) is 23.8 Å². The van der Waals surface area contributed by atoms with Crippen LogP contribution in [0.4, 0.5) is 5.69 Å². The highest BCUT2D eigenvalue weighted by Crippen LogP contribution is 2.21. The van der Waals surface area contributed by atoms with Crippen molar-refractivity contribution < 1.29 is 14.8 Å². The Bertz CT molecular complexity index is 890. The molecular formula is C15H12N6O5. The van der Waals surface area contributed by atoms with E-state index in [1.807, 2.05) is 6.07 Å². The van der Waals surface area contributed by atoms with Crippen LogP contribution < -0.4 is 5.73 Å². The van der Waals surface area contributed by atoms with Crippen molar-refractivity contribution >= 4 is 11.5 Å². The van der Waals surface area contributed by atoms with Crippen molar-refractivity contribution in [3.05, 3.63) is 79.6 Å². The van der Waals surface area contributed by atoms with E-state index >= 15 is 0 Å². The first-order valence-corrected chi connectivity index (χ1v) is 7.12. The molecule has 1 atom stereocenters. The largest absolute Gasteiger partial charge is 0.384 e. The van der Waals surface area contributed by atoms with E-state index in [4.69, 9.17) is 11.0 Å². The van der Waals surface area contributed by atoms with Gasteiger partial charge in [-0.2, -0.15) is 5.26 Å². The molecule has 0 amide bonds. The summed E-state index contributed by atoms with van der Waals surface area (Å²) in [7, 11) is 0. The lowest BCUT2D eigenvalue weighted by Crippen LogP contribution is -2.18. The third-order valence-corrected chi connectivity index (χ3v) is 3.29. The number of non-ortho nitro benzene ring substituents is 1. The average Bonchev–Trinajstić information content (AvgIpc) is 2.64. The van der Waals surface area contributed by atoms with Crippen LogP contribution in [-0.4, -0.2) is 27.4 Å². The van der Waals surface area contributed by atoms with Gasteiger partial charge in [0.1, 0.15) is 17.6 Å². The van der Waals surface area contributed by atoms with Crippen molar-refractivity contribution in [2.45, 2.75) is 6.10 Å². The molecule has 0 saturated heterocycles. The molecular weight excluding hydrogens is 344 g/mol. The first kappa shape index (κ1) is 18.3. The van der Waals surface area contributed by atoms with Gasteiger partial charge in [0.25, 0.3) is 10.8 Å². The van der Waals surface area contributed by atoms with Gasteiger partial charge in [0.2, 0.25) is 0 Å². The second-order valence-corrected chi connectivity index (χ2v) is 4.93. The molecule has 0 radical (unpaired) electrons. The number of nitriles is 1. The van der Waals surface area contributed by atoms with E-state index in [0.29, 0.717) is 11.1 Å². The molecule has 0 spiro atoms. The van der Waals surface area contributed by atoms with Gasteiger partial charge in [-0.15, -0.1) is 10.1 Å². The van der Waals surface area contributed by atoms with Crippen LogP contribution in [0.2, 0.25) is 0 Å². The Labute approximate surface area is 146 Å². The summed E-state index contributed by atoms with van der Waals surface area (Å²) in [6.45, 7) is -0.200. The number of rotatable bonds is 7. The first-order valence-electron chi connectivity index (χ1n) is 7.12. The summed E-state index contributed by atoms with van der Waals surface area (Å²) in [5.74, 6) is 0.0442. The minimum absolute atomic E-state index is 0.0442. The van der Waals surface area contributed by atoms with Gasteiger partial charge >= 0.3 is 0 Å². The molecule has 1 aromatic carbocycles. The van der Waals surface area contributed by atoms with Crippen molar-refractivity contribution in [1.82, 2.24) is 4.98 Å². The van der Waals surface area contributed by atoms with Crippen LogP contribution in [0.1, 0.15) is 22.9 Å². The lowest BCUT2D eigenvalue weighted by molar-refractivity contribution is -0.770. The Hall–Kier alpha value is -4.07. The molecule has 0 aliphatic rings. The molecule has 0 fully saturated rings. The first-order chi connectivity index (χ1) is 12.4. The Morgan fingerprint density at radius 2 is 2.00 bits per heavy atom. The monoisotopic (exact) mass is 356 g/mol. The lowest BCUT2D eigenvalue weighted by Gasteiger charge is -2.13. The molecule has 1 aromatic heterocycles. The molecule has 11 heteroatoms. The van der Waals surface area contributed by atoms with Crippen molar-refractivity contribution in [1.29, 1.82) is 5.26 Å². The molecule has 0 aliphatic carbocycles. The number of benzene rings is 1. The number of hydrogen-bond acceptors (Lipinski definition) is 8. The van der Waals surface area contributed by atoms with Crippen molar-refractivity contribution in [3.8, 4) is 6.07 Å². The van der Waals surface area contributed by atoms with Crippen LogP contribution in [0.5, 0.6) is 0 Å². The minimum atomic E-state index is -1.10. The van der Waals surface area contributed by atoms with Crippen molar-refractivity contribution in [2.75, 3.05) is 6.54 Å². The van der Waals surface area contributed by atoms with Crippen LogP contribution in [0.15, 0.2) is 47.6 Å². The molecule has 2 N–H and O–H groups in total. The third-order valence-electron chi connectivity index (χ3n) is 3.29. The molecule has 26 heavy (non-hydrogen) atoms. The fourth-order valence-electron chi connectivity index (χ4n) is 2.04. The minimum Gasteiger partial charge on any atom is -0.384 e. The lowest BCUT2D eigenvalue weighted by atomic mass is 10.1. The highest BCUT2D eigenvalue weighted by molar-refractivity contribution is 5.97. The molecule has 0 saturated carbocycles. The summed E-state index contributed by atoms with van der Waals surface area (Å²) >= 11 is 0. The maximum absolute atomic E-state index is 10.7. The molecule has 1 heterocycles. The van der Waals surface area contributed by atoms with Gasteiger partial charge < -0.3 is 10.6 Å². The van der Waals surface area contributed by atoms with Gasteiger partial charge in [-0.25, -0.2) is 4.98 Å². The van der Waals surface area contributed by atoms with Crippen molar-refractivity contribution in [3.63, 3.8) is 0 Å². The number of nitrogens with zero attached hydrogens (tertiary/aromatic N) is 5. The molecule has 2 rings (SSSR count). The Morgan fingerprint density at radius 3 is 2.58 bits per heavy atom. The number of aliphatic imine (C=N–C) groups is 1. The molecule has 2 aromatic rings. The molecule has 11 nitrogen and oxygen atoms in total. The molecule has 1 unspecified atom stereocenters. The predicted molar refractivity (Wildman–Crippen MR) is 88.5 cm³/mol. The number of aromatic nitrogens is 1. The SMILES string of the molecule is N#Cc1cc(C(N)=NCC(O[N+](=O)[O-])c2ccc([N+](=O)[O-])cc2)ccn1. The standard InChI is InChI=1S/C15H12N6O5/c16-8-12-7-11(5-6-18-12)15(17)19-9-14(26-21(24)25)10-1-3-13(4-2-10)20(22)23/h1-7,14H,9H2,(H2,17,19). The molecule has 0 bridgehead atoms. The average molecular weight is 356 g/mol. The summed E-state index contributed by atoms with van der Waals surface area (Å²) in [6, 6.07) is 9.93. The topological polar surface area (TPSA) is 171 Å². The van der Waals surface area contributed by atoms with Crippen molar-refractivity contribution in [2.24, 2.45) is 10.7 Å². The quantitative estimate of drug-likeness (QED) is 0.336. The zero-order chi connectivity index (χ0) is 19.1. The summed E-state index contributed by atoms with van der Waals surface area (Å²) in [5.41, 5.74) is 6.59.